The van der Waals surface area contributed by atoms with Gasteiger partial charge in [0.1, 0.15) is 11.5 Å². The summed E-state index contributed by atoms with van der Waals surface area (Å²) in [4.78, 5) is 13.5. The second-order valence-electron chi connectivity index (χ2n) is 7.89. The number of amides is 1. The normalized spacial score (nSPS) is 22.6. The number of hydrogen-bond acceptors (Lipinski definition) is 5. The van der Waals surface area contributed by atoms with Gasteiger partial charge in [-0.3, -0.25) is 4.79 Å². The zero-order valence-electron chi connectivity index (χ0n) is 16.9. The third-order valence-corrected chi connectivity index (χ3v) is 6.67. The van der Waals surface area contributed by atoms with E-state index in [1.807, 2.05) is 48.5 Å². The van der Waals surface area contributed by atoms with E-state index in [4.69, 9.17) is 37.8 Å². The molecule has 1 N–H and O–H groups in total. The van der Waals surface area contributed by atoms with Crippen LogP contribution in [-0.2, 0) is 10.5 Å². The number of ether oxygens (including phenoxy) is 2. The van der Waals surface area contributed by atoms with Gasteiger partial charge in [-0.15, -0.1) is 0 Å². The van der Waals surface area contributed by atoms with Gasteiger partial charge >= 0.3 is 5.72 Å². The first kappa shape index (κ1) is 19.5. The fourth-order valence-electron chi connectivity index (χ4n) is 4.67. The third-order valence-electron chi connectivity index (χ3n) is 6.16. The number of halogens is 2. The van der Waals surface area contributed by atoms with Gasteiger partial charge in [0, 0.05) is 17.0 Å². The van der Waals surface area contributed by atoms with Crippen molar-refractivity contribution in [3.8, 4) is 11.5 Å². The van der Waals surface area contributed by atoms with Gasteiger partial charge in [0.05, 0.1) is 35.1 Å². The van der Waals surface area contributed by atoms with E-state index in [-0.39, 0.29) is 11.9 Å². The first-order chi connectivity index (χ1) is 15.5. The zero-order chi connectivity index (χ0) is 22.0. The Labute approximate surface area is 194 Å². The van der Waals surface area contributed by atoms with Crippen LogP contribution in [0, 0.1) is 0 Å². The molecule has 160 valence electrons. The molecule has 0 bridgehead atoms. The molecule has 8 heteroatoms. The highest BCUT2D eigenvalue weighted by Crippen LogP contribution is 2.55. The third kappa shape index (κ3) is 2.60. The molecule has 0 unspecified atom stereocenters. The minimum absolute atomic E-state index is 0.188. The summed E-state index contributed by atoms with van der Waals surface area (Å²) in [5, 5.41) is 10.3. The van der Waals surface area contributed by atoms with Crippen LogP contribution in [0.25, 0.3) is 0 Å². The van der Waals surface area contributed by atoms with Crippen molar-refractivity contribution in [1.82, 2.24) is 5.01 Å². The van der Waals surface area contributed by atoms with E-state index < -0.39 is 5.72 Å². The van der Waals surface area contributed by atoms with Crippen molar-refractivity contribution >= 4 is 40.5 Å². The van der Waals surface area contributed by atoms with Crippen LogP contribution in [0.15, 0.2) is 65.8 Å². The molecule has 32 heavy (non-hydrogen) atoms. The van der Waals surface area contributed by atoms with Crippen LogP contribution in [-0.4, -0.2) is 23.7 Å². The van der Waals surface area contributed by atoms with Crippen molar-refractivity contribution < 1.29 is 14.3 Å². The molecule has 6 nitrogen and oxygen atoms in total. The van der Waals surface area contributed by atoms with Crippen LogP contribution in [0.3, 0.4) is 0 Å². The van der Waals surface area contributed by atoms with Gasteiger partial charge in [-0.2, -0.15) is 5.10 Å². The lowest BCUT2D eigenvalue weighted by Gasteiger charge is -2.44. The fraction of sp³-hybridized carbons (Fsp3) is 0.167. The Balaban J connectivity index is 1.56. The summed E-state index contributed by atoms with van der Waals surface area (Å²) in [7, 11) is 1.63. The number of para-hydroxylation sites is 1. The van der Waals surface area contributed by atoms with Gasteiger partial charge in [0.2, 0.25) is 0 Å². The number of nitrogens with zero attached hydrogens (tertiary/aromatic N) is 2. The van der Waals surface area contributed by atoms with Gasteiger partial charge < -0.3 is 14.8 Å². The molecule has 3 aliphatic rings. The van der Waals surface area contributed by atoms with E-state index >= 15 is 0 Å². The van der Waals surface area contributed by atoms with Crippen molar-refractivity contribution in [1.29, 1.82) is 0 Å². The number of benzene rings is 3. The number of rotatable bonds is 2. The van der Waals surface area contributed by atoms with Crippen LogP contribution >= 0.6 is 23.2 Å². The molecule has 1 amide bonds. The molecule has 0 fully saturated rings. The number of carbonyl (C=O) groups excluding carboxylic acids is 1. The highest BCUT2D eigenvalue weighted by molar-refractivity contribution is 6.37. The van der Waals surface area contributed by atoms with Crippen molar-refractivity contribution in [2.45, 2.75) is 18.2 Å². The minimum Gasteiger partial charge on any atom is -0.497 e. The number of hydrazone groups is 1. The predicted molar refractivity (Wildman–Crippen MR) is 123 cm³/mol. The largest absolute Gasteiger partial charge is 0.497 e. The lowest BCUT2D eigenvalue weighted by Crippen LogP contribution is -2.55. The molecule has 2 atom stereocenters. The smallest absolute Gasteiger partial charge is 0.306 e. The number of carbonyl (C=O) groups is 1. The van der Waals surface area contributed by atoms with Crippen LogP contribution in [0.4, 0.5) is 5.69 Å². The number of methoxy groups -OCH3 is 1. The van der Waals surface area contributed by atoms with Crippen LogP contribution < -0.4 is 14.8 Å². The Kier molecular flexibility index (Phi) is 4.19. The molecule has 3 aromatic rings. The predicted octanol–water partition coefficient (Wildman–Crippen LogP) is 5.35. The molecule has 3 aliphatic heterocycles. The summed E-state index contributed by atoms with van der Waals surface area (Å²) in [6, 6.07) is 18.6. The summed E-state index contributed by atoms with van der Waals surface area (Å²) in [6.07, 6.45) is 0.616. The fourth-order valence-corrected chi connectivity index (χ4v) is 5.21. The molecule has 0 saturated carbocycles. The Morgan fingerprint density at radius 2 is 1.94 bits per heavy atom. The average molecular weight is 466 g/mol. The van der Waals surface area contributed by atoms with Gasteiger partial charge in [0.25, 0.3) is 5.91 Å². The van der Waals surface area contributed by atoms with Gasteiger partial charge in [-0.25, -0.2) is 5.01 Å². The molecular weight excluding hydrogens is 449 g/mol. The molecule has 0 saturated heterocycles. The van der Waals surface area contributed by atoms with E-state index in [1.165, 1.54) is 0 Å². The summed E-state index contributed by atoms with van der Waals surface area (Å²) >= 11 is 12.7. The topological polar surface area (TPSA) is 63.2 Å². The van der Waals surface area contributed by atoms with Crippen LogP contribution in [0.1, 0.15) is 29.2 Å². The summed E-state index contributed by atoms with van der Waals surface area (Å²) < 4.78 is 11.7. The Morgan fingerprint density at radius 3 is 2.72 bits per heavy atom. The summed E-state index contributed by atoms with van der Waals surface area (Å²) in [5.41, 5.74) is 2.32. The number of anilines is 1. The van der Waals surface area contributed by atoms with E-state index in [2.05, 4.69) is 5.32 Å². The summed E-state index contributed by atoms with van der Waals surface area (Å²) in [5.74, 6) is 1.05. The molecular formula is C24H17Cl2N3O3. The maximum Gasteiger partial charge on any atom is 0.306 e. The van der Waals surface area contributed by atoms with E-state index in [1.54, 1.807) is 24.3 Å². The second-order valence-corrected chi connectivity index (χ2v) is 8.73. The quantitative estimate of drug-likeness (QED) is 0.553. The van der Waals surface area contributed by atoms with Gasteiger partial charge in [-0.05, 0) is 48.0 Å². The monoisotopic (exact) mass is 465 g/mol. The van der Waals surface area contributed by atoms with Crippen molar-refractivity contribution in [2.75, 3.05) is 12.4 Å². The van der Waals surface area contributed by atoms with Crippen molar-refractivity contribution in [3.63, 3.8) is 0 Å². The molecule has 0 radical (unpaired) electrons. The van der Waals surface area contributed by atoms with Crippen LogP contribution in [0.5, 0.6) is 11.5 Å². The van der Waals surface area contributed by atoms with E-state index in [0.717, 1.165) is 22.6 Å². The molecule has 1 spiro atoms. The SMILES string of the molecule is COc1ccc(C2=NN3[C@H](C2)c2ccccc2O[C@@]32C(=O)Nc3c(Cl)cc(Cl)cc32)cc1. The van der Waals surface area contributed by atoms with Crippen LogP contribution in [0.2, 0.25) is 10.0 Å². The van der Waals surface area contributed by atoms with E-state index in [0.29, 0.717) is 33.5 Å². The minimum atomic E-state index is -1.50. The lowest BCUT2D eigenvalue weighted by atomic mass is 9.92. The number of hydrogen-bond donors (Lipinski definition) is 1. The first-order valence-electron chi connectivity index (χ1n) is 10.1. The Bertz CT molecular complexity index is 1310. The second kappa shape index (κ2) is 6.89. The standard InChI is InChI=1S/C24H17Cl2N3O3/c1-31-15-8-6-13(7-9-15)19-12-20-16-4-2-3-5-21(16)32-24(29(20)28-19)17-10-14(25)11-18(26)22(17)27-23(24)30/h2-11,20H,12H2,1H3,(H,27,30)/t20-,24+/m1/s1. The zero-order valence-corrected chi connectivity index (χ0v) is 18.4. The maximum atomic E-state index is 13.5. The van der Waals surface area contributed by atoms with Crippen molar-refractivity contribution in [3.05, 3.63) is 87.4 Å². The Morgan fingerprint density at radius 1 is 1.16 bits per heavy atom. The molecule has 3 heterocycles. The Hall–Kier alpha value is -3.22. The van der Waals surface area contributed by atoms with Crippen molar-refractivity contribution in [2.24, 2.45) is 5.10 Å². The first-order valence-corrected chi connectivity index (χ1v) is 10.9. The number of fused-ring (bicyclic) bond motifs is 6. The maximum absolute atomic E-state index is 13.5. The van der Waals surface area contributed by atoms with Gasteiger partial charge in [0.15, 0.2) is 0 Å². The van der Waals surface area contributed by atoms with E-state index in [9.17, 15) is 4.79 Å². The molecule has 0 aromatic heterocycles. The highest BCUT2D eigenvalue weighted by Gasteiger charge is 2.61. The summed E-state index contributed by atoms with van der Waals surface area (Å²) in [6.45, 7) is 0. The number of nitrogens with one attached hydrogen (secondary N) is 1. The lowest BCUT2D eigenvalue weighted by molar-refractivity contribution is -0.161. The average Bonchev–Trinajstić information content (AvgIpc) is 3.36. The molecule has 3 aromatic carbocycles. The highest BCUT2D eigenvalue weighted by atomic mass is 35.5. The molecule has 6 rings (SSSR count). The van der Waals surface area contributed by atoms with Gasteiger partial charge in [-0.1, -0.05) is 41.4 Å². The molecule has 0 aliphatic carbocycles.